The van der Waals surface area contributed by atoms with E-state index in [0.717, 1.165) is 6.42 Å². The Kier molecular flexibility index (Phi) is 15.0. The van der Waals surface area contributed by atoms with Crippen molar-refractivity contribution in [1.82, 2.24) is 4.90 Å². The Morgan fingerprint density at radius 2 is 1.26 bits per heavy atom. The lowest BCUT2D eigenvalue weighted by Crippen LogP contribution is -2.23. The van der Waals surface area contributed by atoms with E-state index in [1.165, 1.54) is 77.5 Å². The van der Waals surface area contributed by atoms with Crippen molar-refractivity contribution in [2.24, 2.45) is 0 Å². The predicted molar refractivity (Wildman–Crippen MR) is 81.0 cm³/mol. The largest absolute Gasteiger partial charge is 0.457 e. The van der Waals surface area contributed by atoms with Crippen LogP contribution < -0.4 is 0 Å². The molecule has 3 nitrogen and oxygen atoms in total. The van der Waals surface area contributed by atoms with Gasteiger partial charge in [-0.25, -0.2) is 4.79 Å². The number of hydrogen-bond donors (Lipinski definition) is 0. The van der Waals surface area contributed by atoms with Gasteiger partial charge in [-0.1, -0.05) is 58.8 Å². The average molecular weight is 270 g/mol. The highest BCUT2D eigenvalue weighted by Crippen LogP contribution is 2.10. The van der Waals surface area contributed by atoms with Crippen LogP contribution >= 0.6 is 0 Å². The topological polar surface area (TPSA) is 29.5 Å². The zero-order valence-electron chi connectivity index (χ0n) is 13.0. The van der Waals surface area contributed by atoms with Gasteiger partial charge in [-0.2, -0.15) is 0 Å². The quantitative estimate of drug-likeness (QED) is 0.422. The number of hydrogen-bond acceptors (Lipinski definition) is 3. The molecule has 0 amide bonds. The molecule has 0 atom stereocenters. The maximum atomic E-state index is 9.80. The molecule has 0 aliphatic heterocycles. The minimum atomic E-state index is 0.537. The van der Waals surface area contributed by atoms with Crippen LogP contribution in [0.2, 0.25) is 0 Å². The second kappa shape index (κ2) is 15.5. The van der Waals surface area contributed by atoms with E-state index < -0.39 is 0 Å². The summed E-state index contributed by atoms with van der Waals surface area (Å²) in [5.41, 5.74) is 0. The zero-order chi connectivity index (χ0) is 14.2. The van der Waals surface area contributed by atoms with Gasteiger partial charge in [0.05, 0.1) is 6.61 Å². The van der Waals surface area contributed by atoms with Crippen LogP contribution in [0.25, 0.3) is 0 Å². The van der Waals surface area contributed by atoms with E-state index in [4.69, 9.17) is 0 Å². The number of nitrogens with zero attached hydrogens (tertiary/aromatic N) is 1. The maximum Gasteiger partial charge on any atom is 0.417 e. The average Bonchev–Trinajstić information content (AvgIpc) is 2.44. The molecule has 0 aromatic carbocycles. The van der Waals surface area contributed by atoms with Crippen LogP contribution in [0.4, 0.5) is 0 Å². The van der Waals surface area contributed by atoms with E-state index in [1.807, 2.05) is 0 Å². The van der Waals surface area contributed by atoms with Crippen molar-refractivity contribution in [3.63, 3.8) is 0 Å². The van der Waals surface area contributed by atoms with E-state index >= 15 is 0 Å². The van der Waals surface area contributed by atoms with Crippen molar-refractivity contribution < 1.29 is 9.53 Å². The van der Waals surface area contributed by atoms with E-state index in [2.05, 4.69) is 23.5 Å². The lowest BCUT2D eigenvalue weighted by molar-refractivity contribution is 0.268. The third-order valence-corrected chi connectivity index (χ3v) is 3.67. The number of carbonyl (C=O) groups excluding carboxylic acids is 1. The minimum Gasteiger partial charge on any atom is -0.457 e. The SMILES string of the molecule is CCN(CC)CCCCCCCCCCCO[C]=O. The molecule has 0 aromatic heterocycles. The summed E-state index contributed by atoms with van der Waals surface area (Å²) in [6.45, 7) is 10.1. The van der Waals surface area contributed by atoms with Crippen molar-refractivity contribution in [3.05, 3.63) is 0 Å². The maximum absolute atomic E-state index is 9.80. The Morgan fingerprint density at radius 1 is 0.789 bits per heavy atom. The highest BCUT2D eigenvalue weighted by Gasteiger charge is 1.98. The van der Waals surface area contributed by atoms with Gasteiger partial charge in [-0.05, 0) is 32.5 Å². The minimum absolute atomic E-state index is 0.537. The van der Waals surface area contributed by atoms with Crippen LogP contribution in [0.1, 0.15) is 71.6 Å². The Labute approximate surface area is 119 Å². The van der Waals surface area contributed by atoms with Crippen LogP contribution in [0.15, 0.2) is 0 Å². The fraction of sp³-hybridized carbons (Fsp3) is 0.938. The van der Waals surface area contributed by atoms with Gasteiger partial charge in [0.25, 0.3) is 0 Å². The first-order chi connectivity index (χ1) is 9.35. The van der Waals surface area contributed by atoms with Crippen LogP contribution in [0, 0.1) is 0 Å². The summed E-state index contributed by atoms with van der Waals surface area (Å²) in [5.74, 6) is 0. The van der Waals surface area contributed by atoms with Crippen molar-refractivity contribution in [2.75, 3.05) is 26.2 Å². The molecule has 0 unspecified atom stereocenters. The van der Waals surface area contributed by atoms with Crippen molar-refractivity contribution >= 4 is 6.47 Å². The van der Waals surface area contributed by atoms with E-state index in [0.29, 0.717) is 6.61 Å². The molecular weight excluding hydrogens is 238 g/mol. The molecule has 0 aliphatic rings. The fourth-order valence-electron chi connectivity index (χ4n) is 2.33. The third-order valence-electron chi connectivity index (χ3n) is 3.67. The predicted octanol–water partition coefficient (Wildman–Crippen LogP) is 3.92. The van der Waals surface area contributed by atoms with Gasteiger partial charge in [0.2, 0.25) is 0 Å². The second-order valence-corrected chi connectivity index (χ2v) is 5.14. The molecule has 0 rings (SSSR count). The molecule has 0 heterocycles. The molecule has 3 heteroatoms. The molecule has 0 N–H and O–H groups in total. The van der Waals surface area contributed by atoms with Crippen molar-refractivity contribution in [1.29, 1.82) is 0 Å². The fourth-order valence-corrected chi connectivity index (χ4v) is 2.33. The van der Waals surface area contributed by atoms with Gasteiger partial charge >= 0.3 is 6.47 Å². The first-order valence-corrected chi connectivity index (χ1v) is 8.06. The molecule has 1 radical (unpaired) electrons. The Balaban J connectivity index is 3.04. The van der Waals surface area contributed by atoms with Gasteiger partial charge in [-0.3, -0.25) is 0 Å². The molecule has 0 aromatic rings. The van der Waals surface area contributed by atoms with Crippen LogP contribution in [0.3, 0.4) is 0 Å². The van der Waals surface area contributed by atoms with Crippen molar-refractivity contribution in [2.45, 2.75) is 71.6 Å². The van der Waals surface area contributed by atoms with E-state index in [9.17, 15) is 4.79 Å². The first-order valence-electron chi connectivity index (χ1n) is 8.06. The van der Waals surface area contributed by atoms with Crippen LogP contribution in [-0.2, 0) is 9.53 Å². The van der Waals surface area contributed by atoms with Gasteiger partial charge in [0, 0.05) is 0 Å². The number of rotatable bonds is 15. The second-order valence-electron chi connectivity index (χ2n) is 5.14. The Morgan fingerprint density at radius 3 is 1.74 bits per heavy atom. The monoisotopic (exact) mass is 270 g/mol. The highest BCUT2D eigenvalue weighted by molar-refractivity contribution is 5.37. The molecular formula is C16H32NO2. The summed E-state index contributed by atoms with van der Waals surface area (Å²) >= 11 is 0. The van der Waals surface area contributed by atoms with Crippen molar-refractivity contribution in [3.8, 4) is 0 Å². The highest BCUT2D eigenvalue weighted by atomic mass is 16.5. The molecule has 0 spiro atoms. The standard InChI is InChI=1S/C16H32NO2/c1-3-17(4-2)14-12-10-8-6-5-7-9-11-13-15-19-16-18/h3-15H2,1-2H3. The first kappa shape index (κ1) is 18.4. The summed E-state index contributed by atoms with van der Waals surface area (Å²) in [7, 11) is 0. The Hall–Kier alpha value is -0.570. The Bertz CT molecular complexity index is 182. The smallest absolute Gasteiger partial charge is 0.417 e. The number of unbranched alkanes of at least 4 members (excludes halogenated alkanes) is 8. The third kappa shape index (κ3) is 13.7. The normalized spacial score (nSPS) is 10.9. The summed E-state index contributed by atoms with van der Waals surface area (Å²) in [6, 6.07) is 0. The van der Waals surface area contributed by atoms with E-state index in [1.54, 1.807) is 0 Å². The zero-order valence-corrected chi connectivity index (χ0v) is 13.0. The molecule has 0 saturated carbocycles. The molecule has 0 aliphatic carbocycles. The van der Waals surface area contributed by atoms with Crippen LogP contribution in [0.5, 0.6) is 0 Å². The summed E-state index contributed by atoms with van der Waals surface area (Å²) in [6.07, 6.45) is 11.6. The lowest BCUT2D eigenvalue weighted by atomic mass is 10.1. The molecule has 0 saturated heterocycles. The summed E-state index contributed by atoms with van der Waals surface area (Å²) in [5, 5.41) is 0. The van der Waals surface area contributed by atoms with Gasteiger partial charge in [-0.15, -0.1) is 0 Å². The molecule has 0 bridgehead atoms. The lowest BCUT2D eigenvalue weighted by Gasteiger charge is -2.17. The van der Waals surface area contributed by atoms with E-state index in [-0.39, 0.29) is 0 Å². The van der Waals surface area contributed by atoms with Gasteiger partial charge < -0.3 is 9.64 Å². The summed E-state index contributed by atoms with van der Waals surface area (Å²) < 4.78 is 4.53. The molecule has 19 heavy (non-hydrogen) atoms. The van der Waals surface area contributed by atoms with Gasteiger partial charge in [0.1, 0.15) is 0 Å². The molecule has 113 valence electrons. The summed E-state index contributed by atoms with van der Waals surface area (Å²) in [4.78, 5) is 12.3. The number of ether oxygens (including phenoxy) is 1. The van der Waals surface area contributed by atoms with Crippen LogP contribution in [-0.4, -0.2) is 37.6 Å². The molecule has 0 fully saturated rings. The van der Waals surface area contributed by atoms with Gasteiger partial charge in [0.15, 0.2) is 0 Å².